The van der Waals surface area contributed by atoms with Gasteiger partial charge in [0.1, 0.15) is 0 Å². The van der Waals surface area contributed by atoms with E-state index in [0.717, 1.165) is 25.6 Å². The van der Waals surface area contributed by atoms with Gasteiger partial charge in [-0.3, -0.25) is 4.90 Å². The molecule has 5 nitrogen and oxygen atoms in total. The molecule has 1 aliphatic heterocycles. The molecule has 2 rings (SSSR count). The monoisotopic (exact) mass is 255 g/mol. The van der Waals surface area contributed by atoms with Gasteiger partial charge in [0.15, 0.2) is 0 Å². The van der Waals surface area contributed by atoms with Crippen molar-refractivity contribution in [3.8, 4) is 0 Å². The predicted molar refractivity (Wildman–Crippen MR) is 70.4 cm³/mol. The molecule has 0 aromatic rings. The number of rotatable bonds is 4. The number of hydrogen-bond acceptors (Lipinski definition) is 3. The highest BCUT2D eigenvalue weighted by atomic mass is 16.3. The van der Waals surface area contributed by atoms with Gasteiger partial charge in [-0.25, -0.2) is 4.79 Å². The SMILES string of the molecule is CC(CO)NC(=O)NC1CCN(C2CCCC2)C1. The molecule has 0 aromatic heterocycles. The van der Waals surface area contributed by atoms with Crippen molar-refractivity contribution in [2.75, 3.05) is 19.7 Å². The maximum atomic E-state index is 11.6. The average Bonchev–Trinajstić information content (AvgIpc) is 2.98. The van der Waals surface area contributed by atoms with Crippen LogP contribution in [0.15, 0.2) is 0 Å². The molecule has 1 aliphatic carbocycles. The smallest absolute Gasteiger partial charge is 0.315 e. The van der Waals surface area contributed by atoms with E-state index in [-0.39, 0.29) is 24.7 Å². The van der Waals surface area contributed by atoms with Crippen LogP contribution in [-0.4, -0.2) is 53.9 Å². The predicted octanol–water partition coefficient (Wildman–Crippen LogP) is 0.683. The van der Waals surface area contributed by atoms with Crippen molar-refractivity contribution in [1.29, 1.82) is 0 Å². The molecule has 1 saturated heterocycles. The number of aliphatic hydroxyl groups is 1. The van der Waals surface area contributed by atoms with Crippen LogP contribution in [0.25, 0.3) is 0 Å². The Balaban J connectivity index is 1.70. The second kappa shape index (κ2) is 6.38. The lowest BCUT2D eigenvalue weighted by atomic mass is 10.2. The summed E-state index contributed by atoms with van der Waals surface area (Å²) in [5, 5.41) is 14.6. The summed E-state index contributed by atoms with van der Waals surface area (Å²) in [5.41, 5.74) is 0. The first kappa shape index (κ1) is 13.6. The van der Waals surface area contributed by atoms with Crippen molar-refractivity contribution in [3.63, 3.8) is 0 Å². The van der Waals surface area contributed by atoms with E-state index in [1.54, 1.807) is 6.92 Å². The third-order valence-corrected chi connectivity index (χ3v) is 4.05. The molecule has 2 amide bonds. The summed E-state index contributed by atoms with van der Waals surface area (Å²) >= 11 is 0. The summed E-state index contributed by atoms with van der Waals surface area (Å²) in [6.45, 7) is 3.85. The molecule has 2 unspecified atom stereocenters. The lowest BCUT2D eigenvalue weighted by Crippen LogP contribution is -2.47. The number of aliphatic hydroxyl groups excluding tert-OH is 1. The fraction of sp³-hybridized carbons (Fsp3) is 0.923. The number of carbonyl (C=O) groups excluding carboxylic acids is 1. The number of urea groups is 1. The molecule has 1 heterocycles. The van der Waals surface area contributed by atoms with E-state index in [2.05, 4.69) is 15.5 Å². The summed E-state index contributed by atoms with van der Waals surface area (Å²) in [6, 6.07) is 0.667. The molecule has 1 saturated carbocycles. The summed E-state index contributed by atoms with van der Waals surface area (Å²) in [7, 11) is 0. The minimum atomic E-state index is -0.183. The summed E-state index contributed by atoms with van der Waals surface area (Å²) < 4.78 is 0. The van der Waals surface area contributed by atoms with Crippen molar-refractivity contribution < 1.29 is 9.90 Å². The molecule has 0 radical (unpaired) electrons. The Labute approximate surface area is 109 Å². The quantitative estimate of drug-likeness (QED) is 0.692. The maximum Gasteiger partial charge on any atom is 0.315 e. The topological polar surface area (TPSA) is 64.6 Å². The van der Waals surface area contributed by atoms with Crippen LogP contribution in [0, 0.1) is 0 Å². The Kier molecular flexibility index (Phi) is 4.83. The molecular weight excluding hydrogens is 230 g/mol. The van der Waals surface area contributed by atoms with Crippen LogP contribution in [0.2, 0.25) is 0 Å². The summed E-state index contributed by atoms with van der Waals surface area (Å²) in [6.07, 6.45) is 6.39. The first-order chi connectivity index (χ1) is 8.69. The molecule has 2 fully saturated rings. The first-order valence-electron chi connectivity index (χ1n) is 7.11. The van der Waals surface area contributed by atoms with Crippen LogP contribution in [-0.2, 0) is 0 Å². The normalized spacial score (nSPS) is 27.3. The zero-order valence-corrected chi connectivity index (χ0v) is 11.2. The fourth-order valence-corrected chi connectivity index (χ4v) is 3.00. The minimum Gasteiger partial charge on any atom is -0.394 e. The van der Waals surface area contributed by atoms with E-state index < -0.39 is 0 Å². The van der Waals surface area contributed by atoms with Crippen molar-refractivity contribution in [2.24, 2.45) is 0 Å². The molecule has 18 heavy (non-hydrogen) atoms. The second-order valence-electron chi connectivity index (χ2n) is 5.62. The number of carbonyl (C=O) groups is 1. The Morgan fingerprint density at radius 3 is 2.78 bits per heavy atom. The summed E-state index contributed by atoms with van der Waals surface area (Å²) in [4.78, 5) is 14.2. The van der Waals surface area contributed by atoms with Gasteiger partial charge < -0.3 is 15.7 Å². The molecule has 3 N–H and O–H groups in total. The maximum absolute atomic E-state index is 11.6. The van der Waals surface area contributed by atoms with E-state index in [9.17, 15) is 4.79 Å². The van der Waals surface area contributed by atoms with Crippen LogP contribution in [0.1, 0.15) is 39.0 Å². The zero-order chi connectivity index (χ0) is 13.0. The van der Waals surface area contributed by atoms with Crippen molar-refractivity contribution in [2.45, 2.75) is 57.2 Å². The van der Waals surface area contributed by atoms with Gasteiger partial charge in [0.25, 0.3) is 0 Å². The van der Waals surface area contributed by atoms with Gasteiger partial charge in [0, 0.05) is 25.2 Å². The average molecular weight is 255 g/mol. The second-order valence-corrected chi connectivity index (χ2v) is 5.62. The third kappa shape index (κ3) is 3.59. The van der Waals surface area contributed by atoms with Crippen LogP contribution >= 0.6 is 0 Å². The van der Waals surface area contributed by atoms with E-state index in [4.69, 9.17) is 5.11 Å². The van der Waals surface area contributed by atoms with Gasteiger partial charge >= 0.3 is 6.03 Å². The third-order valence-electron chi connectivity index (χ3n) is 4.05. The van der Waals surface area contributed by atoms with Gasteiger partial charge in [-0.2, -0.15) is 0 Å². The Bertz CT molecular complexity index is 279. The fourth-order valence-electron chi connectivity index (χ4n) is 3.00. The van der Waals surface area contributed by atoms with Crippen molar-refractivity contribution in [1.82, 2.24) is 15.5 Å². The molecule has 0 aromatic carbocycles. The number of likely N-dealkylation sites (tertiary alicyclic amines) is 1. The van der Waals surface area contributed by atoms with E-state index in [1.807, 2.05) is 0 Å². The molecule has 104 valence electrons. The molecule has 0 bridgehead atoms. The highest BCUT2D eigenvalue weighted by Gasteiger charge is 2.30. The number of hydrogen-bond donors (Lipinski definition) is 3. The van der Waals surface area contributed by atoms with E-state index >= 15 is 0 Å². The molecule has 5 heteroatoms. The van der Waals surface area contributed by atoms with E-state index in [0.29, 0.717) is 0 Å². The number of nitrogens with zero attached hydrogens (tertiary/aromatic N) is 1. The Morgan fingerprint density at radius 2 is 2.11 bits per heavy atom. The van der Waals surface area contributed by atoms with E-state index in [1.165, 1.54) is 25.7 Å². The largest absolute Gasteiger partial charge is 0.394 e. The summed E-state index contributed by atoms with van der Waals surface area (Å²) in [5.74, 6) is 0. The first-order valence-corrected chi connectivity index (χ1v) is 7.11. The van der Waals surface area contributed by atoms with Gasteiger partial charge in [-0.05, 0) is 26.2 Å². The van der Waals surface area contributed by atoms with Crippen LogP contribution in [0.4, 0.5) is 4.79 Å². The Morgan fingerprint density at radius 1 is 1.39 bits per heavy atom. The number of amides is 2. The molecular formula is C13H25N3O2. The zero-order valence-electron chi connectivity index (χ0n) is 11.2. The molecule has 2 aliphatic rings. The number of nitrogens with one attached hydrogen (secondary N) is 2. The van der Waals surface area contributed by atoms with Crippen molar-refractivity contribution >= 4 is 6.03 Å². The van der Waals surface area contributed by atoms with Gasteiger partial charge in [0.05, 0.1) is 12.6 Å². The van der Waals surface area contributed by atoms with Crippen LogP contribution in [0.5, 0.6) is 0 Å². The lowest BCUT2D eigenvalue weighted by Gasteiger charge is -2.23. The molecule has 2 atom stereocenters. The van der Waals surface area contributed by atoms with Crippen LogP contribution < -0.4 is 10.6 Å². The highest BCUT2D eigenvalue weighted by molar-refractivity contribution is 5.74. The van der Waals surface area contributed by atoms with Gasteiger partial charge in [-0.15, -0.1) is 0 Å². The molecule has 0 spiro atoms. The van der Waals surface area contributed by atoms with Gasteiger partial charge in [0.2, 0.25) is 0 Å². The van der Waals surface area contributed by atoms with Crippen molar-refractivity contribution in [3.05, 3.63) is 0 Å². The van der Waals surface area contributed by atoms with Crippen LogP contribution in [0.3, 0.4) is 0 Å². The van der Waals surface area contributed by atoms with Gasteiger partial charge in [-0.1, -0.05) is 12.8 Å². The highest BCUT2D eigenvalue weighted by Crippen LogP contribution is 2.26. The standard InChI is InChI=1S/C13H25N3O2/c1-10(9-17)14-13(18)15-11-6-7-16(8-11)12-4-2-3-5-12/h10-12,17H,2-9H2,1H3,(H2,14,15,18). The lowest BCUT2D eigenvalue weighted by molar-refractivity contribution is 0.214. The minimum absolute atomic E-state index is 0.0215. The Hall–Kier alpha value is -0.810.